The Morgan fingerprint density at radius 3 is 2.55 bits per heavy atom. The maximum Gasteiger partial charge on any atom is 0.246 e. The van der Waals surface area contributed by atoms with Crippen LogP contribution in [-0.2, 0) is 20.9 Å². The Kier molecular flexibility index (Phi) is 6.46. The second-order valence-corrected chi connectivity index (χ2v) is 4.66. The molecule has 5 heteroatoms. The minimum absolute atomic E-state index is 0.116. The smallest absolute Gasteiger partial charge is 0.246 e. The Labute approximate surface area is 118 Å². The number of nitrogens with two attached hydrogens (primary N) is 1. The fourth-order valence-electron chi connectivity index (χ4n) is 1.64. The van der Waals surface area contributed by atoms with Gasteiger partial charge in [0.1, 0.15) is 12.6 Å². The highest BCUT2D eigenvalue weighted by Crippen LogP contribution is 2.02. The van der Waals surface area contributed by atoms with Gasteiger partial charge in [-0.05, 0) is 18.9 Å². The van der Waals surface area contributed by atoms with Crippen molar-refractivity contribution in [2.45, 2.75) is 26.0 Å². The summed E-state index contributed by atoms with van der Waals surface area (Å²) in [6.45, 7) is 5.69. The number of primary amides is 1. The summed E-state index contributed by atoms with van der Waals surface area (Å²) in [7, 11) is 0. The first-order chi connectivity index (χ1) is 9.49. The third-order valence-electron chi connectivity index (χ3n) is 2.58. The standard InChI is InChI=1S/C15H20N2O3/c1-11(2)8-13(15(16)19)17-14(18)10-20-9-12-6-4-3-5-7-12/h3-7,13H,1,8-10H2,2H3,(H2,16,19)(H,17,18)/t13-/m0/s1. The van der Waals surface area contributed by atoms with Crippen molar-refractivity contribution in [3.8, 4) is 0 Å². The molecule has 0 bridgehead atoms. The van der Waals surface area contributed by atoms with Crippen molar-refractivity contribution < 1.29 is 14.3 Å². The lowest BCUT2D eigenvalue weighted by atomic mass is 10.1. The second-order valence-electron chi connectivity index (χ2n) is 4.66. The number of ether oxygens (including phenoxy) is 1. The number of carbonyl (C=O) groups excluding carboxylic acids is 2. The van der Waals surface area contributed by atoms with Crippen molar-refractivity contribution in [2.24, 2.45) is 5.73 Å². The van der Waals surface area contributed by atoms with Gasteiger partial charge >= 0.3 is 0 Å². The summed E-state index contributed by atoms with van der Waals surface area (Å²) >= 11 is 0. The van der Waals surface area contributed by atoms with Gasteiger partial charge in [0.05, 0.1) is 6.61 Å². The molecule has 0 radical (unpaired) electrons. The van der Waals surface area contributed by atoms with Gasteiger partial charge in [0.25, 0.3) is 0 Å². The van der Waals surface area contributed by atoms with Crippen molar-refractivity contribution in [2.75, 3.05) is 6.61 Å². The van der Waals surface area contributed by atoms with E-state index >= 15 is 0 Å². The molecule has 0 saturated heterocycles. The van der Waals surface area contributed by atoms with Gasteiger partial charge in [-0.3, -0.25) is 9.59 Å². The van der Waals surface area contributed by atoms with Gasteiger partial charge in [-0.25, -0.2) is 0 Å². The van der Waals surface area contributed by atoms with Crippen molar-refractivity contribution in [1.29, 1.82) is 0 Å². The van der Waals surface area contributed by atoms with Crippen molar-refractivity contribution in [1.82, 2.24) is 5.32 Å². The van der Waals surface area contributed by atoms with Crippen molar-refractivity contribution >= 4 is 11.8 Å². The summed E-state index contributed by atoms with van der Waals surface area (Å²) in [5.74, 6) is -0.949. The lowest BCUT2D eigenvalue weighted by Crippen LogP contribution is -2.45. The van der Waals surface area contributed by atoms with E-state index in [1.54, 1.807) is 6.92 Å². The van der Waals surface area contributed by atoms with Gasteiger partial charge in [0.15, 0.2) is 0 Å². The zero-order chi connectivity index (χ0) is 15.0. The van der Waals surface area contributed by atoms with Gasteiger partial charge in [-0.1, -0.05) is 35.9 Å². The molecule has 0 heterocycles. The normalized spacial score (nSPS) is 11.7. The van der Waals surface area contributed by atoms with Gasteiger partial charge in [0.2, 0.25) is 11.8 Å². The summed E-state index contributed by atoms with van der Waals surface area (Å²) in [6.07, 6.45) is 0.333. The molecule has 1 atom stereocenters. The first-order valence-corrected chi connectivity index (χ1v) is 6.33. The number of nitrogens with one attached hydrogen (secondary N) is 1. The summed E-state index contributed by atoms with van der Waals surface area (Å²) in [4.78, 5) is 22.8. The highest BCUT2D eigenvalue weighted by Gasteiger charge is 2.17. The molecule has 1 aromatic carbocycles. The van der Waals surface area contributed by atoms with Crippen LogP contribution in [0.25, 0.3) is 0 Å². The van der Waals surface area contributed by atoms with Crippen LogP contribution in [0.1, 0.15) is 18.9 Å². The third kappa shape index (κ3) is 6.15. The molecule has 3 N–H and O–H groups in total. The SMILES string of the molecule is C=C(C)C[C@H](NC(=O)COCc1ccccc1)C(N)=O. The molecule has 108 valence electrons. The zero-order valence-electron chi connectivity index (χ0n) is 11.6. The van der Waals surface area contributed by atoms with Crippen LogP contribution in [-0.4, -0.2) is 24.5 Å². The molecule has 0 unspecified atom stereocenters. The molecular weight excluding hydrogens is 256 g/mol. The third-order valence-corrected chi connectivity index (χ3v) is 2.58. The van der Waals surface area contributed by atoms with Gasteiger partial charge < -0.3 is 15.8 Å². The first-order valence-electron chi connectivity index (χ1n) is 6.33. The molecule has 0 aliphatic carbocycles. The molecule has 0 aliphatic heterocycles. The van der Waals surface area contributed by atoms with Gasteiger partial charge in [-0.15, -0.1) is 6.58 Å². The van der Waals surface area contributed by atoms with Crippen molar-refractivity contribution in [3.63, 3.8) is 0 Å². The Morgan fingerprint density at radius 1 is 1.35 bits per heavy atom. The second kappa shape index (κ2) is 8.12. The largest absolute Gasteiger partial charge is 0.368 e. The fourth-order valence-corrected chi connectivity index (χ4v) is 1.64. The average Bonchev–Trinajstić information content (AvgIpc) is 2.38. The predicted molar refractivity (Wildman–Crippen MR) is 76.7 cm³/mol. The number of hydrogen-bond acceptors (Lipinski definition) is 3. The number of hydrogen-bond donors (Lipinski definition) is 2. The highest BCUT2D eigenvalue weighted by molar-refractivity contribution is 5.87. The molecular formula is C15H20N2O3. The predicted octanol–water partition coefficient (Wildman–Crippen LogP) is 1.14. The Balaban J connectivity index is 2.35. The van der Waals surface area contributed by atoms with Crippen LogP contribution in [0.3, 0.4) is 0 Å². The van der Waals surface area contributed by atoms with Crippen LogP contribution in [0, 0.1) is 0 Å². The quantitative estimate of drug-likeness (QED) is 0.699. The number of carbonyl (C=O) groups is 2. The minimum Gasteiger partial charge on any atom is -0.368 e. The zero-order valence-corrected chi connectivity index (χ0v) is 11.6. The van der Waals surface area contributed by atoms with E-state index in [2.05, 4.69) is 11.9 Å². The lowest BCUT2D eigenvalue weighted by molar-refractivity contribution is -0.130. The molecule has 2 amide bonds. The minimum atomic E-state index is -0.736. The topological polar surface area (TPSA) is 81.4 Å². The number of amides is 2. The maximum atomic E-state index is 11.7. The van der Waals surface area contributed by atoms with E-state index in [1.165, 1.54) is 0 Å². The Bertz CT molecular complexity index is 471. The summed E-state index contributed by atoms with van der Waals surface area (Å²) < 4.78 is 5.28. The van der Waals surface area contributed by atoms with Crippen LogP contribution in [0.15, 0.2) is 42.5 Å². The summed E-state index contributed by atoms with van der Waals surface area (Å²) in [6, 6.07) is 8.78. The number of rotatable bonds is 8. The van der Waals surface area contributed by atoms with E-state index in [4.69, 9.17) is 10.5 Å². The monoisotopic (exact) mass is 276 g/mol. The van der Waals surface area contributed by atoms with Crippen LogP contribution in [0.4, 0.5) is 0 Å². The van der Waals surface area contributed by atoms with Gasteiger partial charge in [-0.2, -0.15) is 0 Å². The van der Waals surface area contributed by atoms with Crippen LogP contribution >= 0.6 is 0 Å². The highest BCUT2D eigenvalue weighted by atomic mass is 16.5. The molecule has 0 fully saturated rings. The summed E-state index contributed by atoms with van der Waals surface area (Å²) in [5.41, 5.74) is 6.97. The van der Waals surface area contributed by atoms with E-state index in [0.29, 0.717) is 13.0 Å². The lowest BCUT2D eigenvalue weighted by Gasteiger charge is -2.15. The van der Waals surface area contributed by atoms with E-state index in [-0.39, 0.29) is 12.5 Å². The van der Waals surface area contributed by atoms with E-state index in [1.807, 2.05) is 30.3 Å². The Morgan fingerprint density at radius 2 is 2.00 bits per heavy atom. The van der Waals surface area contributed by atoms with Gasteiger partial charge in [0, 0.05) is 0 Å². The molecule has 0 aliphatic rings. The molecule has 0 saturated carbocycles. The van der Waals surface area contributed by atoms with Crippen LogP contribution in [0.2, 0.25) is 0 Å². The number of benzene rings is 1. The molecule has 0 spiro atoms. The van der Waals surface area contributed by atoms with Crippen LogP contribution in [0.5, 0.6) is 0 Å². The molecule has 20 heavy (non-hydrogen) atoms. The van der Waals surface area contributed by atoms with Crippen LogP contribution < -0.4 is 11.1 Å². The van der Waals surface area contributed by atoms with Crippen molar-refractivity contribution in [3.05, 3.63) is 48.0 Å². The fraction of sp³-hybridized carbons (Fsp3) is 0.333. The molecule has 0 aromatic heterocycles. The molecule has 5 nitrogen and oxygen atoms in total. The first kappa shape index (κ1) is 15.9. The van der Waals surface area contributed by atoms with E-state index in [0.717, 1.165) is 11.1 Å². The van der Waals surface area contributed by atoms with E-state index < -0.39 is 11.9 Å². The molecule has 1 aromatic rings. The maximum absolute atomic E-state index is 11.7. The summed E-state index contributed by atoms with van der Waals surface area (Å²) in [5, 5.41) is 2.53. The van der Waals surface area contributed by atoms with E-state index in [9.17, 15) is 9.59 Å². The average molecular weight is 276 g/mol. The molecule has 1 rings (SSSR count). The Hall–Kier alpha value is -2.14.